The van der Waals surface area contributed by atoms with Crippen molar-refractivity contribution >= 4 is 11.3 Å². The topological polar surface area (TPSA) is 94.3 Å². The molecule has 0 spiro atoms. The first-order valence-electron chi connectivity index (χ1n) is 6.80. The first kappa shape index (κ1) is 14.5. The average Bonchev–Trinajstić information content (AvgIpc) is 3.00. The summed E-state index contributed by atoms with van der Waals surface area (Å²) < 4.78 is 7.29. The van der Waals surface area contributed by atoms with E-state index in [0.717, 1.165) is 5.56 Å². The molecular weight excluding hydrogens is 296 g/mol. The fourth-order valence-electron chi connectivity index (χ4n) is 2.34. The van der Waals surface area contributed by atoms with Crippen LogP contribution in [0.15, 0.2) is 42.7 Å². The maximum Gasteiger partial charge on any atom is 0.214 e. The predicted molar refractivity (Wildman–Crippen MR) is 79.9 cm³/mol. The van der Waals surface area contributed by atoms with Crippen LogP contribution in [-0.4, -0.2) is 22.5 Å². The minimum Gasteiger partial charge on any atom is -0.619 e. The Balaban J connectivity index is 2.02. The highest BCUT2D eigenvalue weighted by atomic mass is 16.5. The molecule has 3 rings (SSSR count). The van der Waals surface area contributed by atoms with Crippen molar-refractivity contribution in [3.63, 3.8) is 0 Å². The highest BCUT2D eigenvalue weighted by molar-refractivity contribution is 6.03. The molecule has 7 heteroatoms. The summed E-state index contributed by atoms with van der Waals surface area (Å²) in [6, 6.07) is 9.98. The van der Waals surface area contributed by atoms with Gasteiger partial charge in [0.2, 0.25) is 5.88 Å². The highest BCUT2D eigenvalue weighted by Gasteiger charge is 2.16. The average molecular weight is 308 g/mol. The quantitative estimate of drug-likeness (QED) is 0.411. The molecule has 0 radical (unpaired) electrons. The lowest BCUT2D eigenvalue weighted by Crippen LogP contribution is -2.24. The Kier molecular flexibility index (Phi) is 3.65. The number of ketones is 1. The zero-order valence-electron chi connectivity index (χ0n) is 12.3. The molecule has 0 aromatic carbocycles. The second kappa shape index (κ2) is 5.77. The molecule has 7 nitrogen and oxygen atoms in total. The van der Waals surface area contributed by atoms with E-state index in [-0.39, 0.29) is 17.9 Å². The minimum atomic E-state index is -0.134. The van der Waals surface area contributed by atoms with Crippen LogP contribution < -0.4 is 9.47 Å². The van der Waals surface area contributed by atoms with Crippen molar-refractivity contribution in [2.75, 3.05) is 7.11 Å². The largest absolute Gasteiger partial charge is 0.619 e. The van der Waals surface area contributed by atoms with E-state index in [1.165, 1.54) is 24.0 Å². The Morgan fingerprint density at radius 2 is 2.13 bits per heavy atom. The number of nitrogens with zero attached hydrogens (tertiary/aromatic N) is 4. The molecule has 0 N–H and O–H groups in total. The molecule has 3 heterocycles. The number of aromatic nitrogens is 3. The number of hydrogen-bond acceptors (Lipinski definition) is 5. The second-order valence-corrected chi connectivity index (χ2v) is 4.89. The van der Waals surface area contributed by atoms with Crippen LogP contribution in [0.25, 0.3) is 5.52 Å². The van der Waals surface area contributed by atoms with Gasteiger partial charge >= 0.3 is 0 Å². The van der Waals surface area contributed by atoms with Crippen molar-refractivity contribution in [3.05, 3.63) is 64.8 Å². The maximum absolute atomic E-state index is 12.6. The van der Waals surface area contributed by atoms with Crippen molar-refractivity contribution < 1.29 is 14.3 Å². The van der Waals surface area contributed by atoms with E-state index in [1.54, 1.807) is 30.3 Å². The zero-order chi connectivity index (χ0) is 16.4. The molecule has 0 atom stereocenters. The van der Waals surface area contributed by atoms with Crippen molar-refractivity contribution in [3.8, 4) is 11.9 Å². The number of fused-ring (bicyclic) bond motifs is 1. The number of nitriles is 1. The van der Waals surface area contributed by atoms with E-state index >= 15 is 0 Å². The van der Waals surface area contributed by atoms with Crippen LogP contribution in [-0.2, 0) is 6.42 Å². The molecule has 114 valence electrons. The lowest BCUT2D eigenvalue weighted by atomic mass is 10.0. The Labute approximate surface area is 131 Å². The summed E-state index contributed by atoms with van der Waals surface area (Å²) in [5, 5.41) is 24.1. The zero-order valence-corrected chi connectivity index (χ0v) is 12.3. The molecule has 23 heavy (non-hydrogen) atoms. The SMILES string of the molecule is COc1ccc(C(=O)Cc2cc[n+]([O-])cc2)c2cc(C#N)nn12. The van der Waals surface area contributed by atoms with E-state index in [9.17, 15) is 10.0 Å². The summed E-state index contributed by atoms with van der Waals surface area (Å²) in [6.45, 7) is 0. The minimum absolute atomic E-state index is 0.134. The summed E-state index contributed by atoms with van der Waals surface area (Å²) in [5.41, 5.74) is 1.89. The van der Waals surface area contributed by atoms with Gasteiger partial charge in [0, 0.05) is 36.2 Å². The smallest absolute Gasteiger partial charge is 0.214 e. The third-order valence-electron chi connectivity index (χ3n) is 3.45. The molecule has 0 unspecified atom stereocenters. The Morgan fingerprint density at radius 1 is 1.39 bits per heavy atom. The molecule has 0 saturated carbocycles. The van der Waals surface area contributed by atoms with Crippen molar-refractivity contribution in [1.82, 2.24) is 9.61 Å². The van der Waals surface area contributed by atoms with Gasteiger partial charge in [-0.2, -0.15) is 19.6 Å². The third kappa shape index (κ3) is 2.70. The molecule has 0 bridgehead atoms. The molecule has 0 aliphatic heterocycles. The van der Waals surface area contributed by atoms with Gasteiger partial charge in [-0.3, -0.25) is 4.79 Å². The van der Waals surface area contributed by atoms with Gasteiger partial charge in [-0.15, -0.1) is 0 Å². The number of ether oxygens (including phenoxy) is 1. The van der Waals surface area contributed by atoms with E-state index < -0.39 is 0 Å². The molecule has 0 aliphatic carbocycles. The number of Topliss-reactive ketones (excluding diaryl/α,β-unsaturated/α-hetero) is 1. The van der Waals surface area contributed by atoms with Gasteiger partial charge in [-0.1, -0.05) is 0 Å². The van der Waals surface area contributed by atoms with Crippen LogP contribution in [0.4, 0.5) is 0 Å². The Bertz CT molecular complexity index is 923. The van der Waals surface area contributed by atoms with Crippen molar-refractivity contribution in [2.45, 2.75) is 6.42 Å². The van der Waals surface area contributed by atoms with E-state index in [1.807, 2.05) is 6.07 Å². The van der Waals surface area contributed by atoms with Gasteiger partial charge in [-0.25, -0.2) is 0 Å². The summed E-state index contributed by atoms with van der Waals surface area (Å²) in [5.74, 6) is 0.302. The summed E-state index contributed by atoms with van der Waals surface area (Å²) in [4.78, 5) is 12.6. The molecule has 0 fully saturated rings. The fourth-order valence-corrected chi connectivity index (χ4v) is 2.34. The molecule has 3 aromatic heterocycles. The number of hydrogen-bond donors (Lipinski definition) is 0. The number of methoxy groups -OCH3 is 1. The van der Waals surface area contributed by atoms with Gasteiger partial charge in [0.1, 0.15) is 6.07 Å². The van der Waals surface area contributed by atoms with Gasteiger partial charge in [0.05, 0.1) is 12.6 Å². The Hall–Kier alpha value is -3.40. The van der Waals surface area contributed by atoms with E-state index in [4.69, 9.17) is 10.00 Å². The highest BCUT2D eigenvalue weighted by Crippen LogP contribution is 2.21. The van der Waals surface area contributed by atoms with E-state index in [2.05, 4.69) is 5.10 Å². The molecular formula is C16H12N4O3. The monoisotopic (exact) mass is 308 g/mol. The van der Waals surface area contributed by atoms with Gasteiger partial charge in [0.25, 0.3) is 0 Å². The van der Waals surface area contributed by atoms with Crippen LogP contribution in [0.2, 0.25) is 0 Å². The van der Waals surface area contributed by atoms with Crippen LogP contribution in [0.3, 0.4) is 0 Å². The first-order chi connectivity index (χ1) is 11.1. The molecule has 0 amide bonds. The van der Waals surface area contributed by atoms with E-state index in [0.29, 0.717) is 21.7 Å². The van der Waals surface area contributed by atoms with Crippen LogP contribution in [0, 0.1) is 16.5 Å². The number of rotatable bonds is 4. The molecule has 0 aliphatic rings. The normalized spacial score (nSPS) is 10.4. The predicted octanol–water partition coefficient (Wildman–Crippen LogP) is 1.27. The fraction of sp³-hybridized carbons (Fsp3) is 0.125. The van der Waals surface area contributed by atoms with Crippen LogP contribution in [0.1, 0.15) is 21.6 Å². The van der Waals surface area contributed by atoms with Crippen molar-refractivity contribution in [1.29, 1.82) is 5.26 Å². The third-order valence-corrected chi connectivity index (χ3v) is 3.45. The summed E-state index contributed by atoms with van der Waals surface area (Å²) in [7, 11) is 1.49. The first-order valence-corrected chi connectivity index (χ1v) is 6.80. The number of carbonyl (C=O) groups excluding carboxylic acids is 1. The van der Waals surface area contributed by atoms with Crippen LogP contribution >= 0.6 is 0 Å². The molecule has 3 aromatic rings. The lowest BCUT2D eigenvalue weighted by Gasteiger charge is -2.07. The number of pyridine rings is 2. The van der Waals surface area contributed by atoms with Crippen molar-refractivity contribution in [2.24, 2.45) is 0 Å². The van der Waals surface area contributed by atoms with Crippen LogP contribution in [0.5, 0.6) is 5.88 Å². The standard InChI is InChI=1S/C16H12N4O3/c1-23-16-3-2-13(14-9-12(10-17)18-20(14)16)15(21)8-11-4-6-19(22)7-5-11/h2-7,9H,8H2,1H3. The lowest BCUT2D eigenvalue weighted by molar-refractivity contribution is -0.605. The van der Waals surface area contributed by atoms with Gasteiger partial charge < -0.3 is 9.94 Å². The van der Waals surface area contributed by atoms with Gasteiger partial charge in [0.15, 0.2) is 23.9 Å². The summed E-state index contributed by atoms with van der Waals surface area (Å²) in [6.07, 6.45) is 2.84. The molecule has 0 saturated heterocycles. The number of carbonyl (C=O) groups is 1. The Morgan fingerprint density at radius 3 is 2.78 bits per heavy atom. The maximum atomic E-state index is 12.6. The summed E-state index contributed by atoms with van der Waals surface area (Å²) >= 11 is 0. The van der Waals surface area contributed by atoms with Gasteiger partial charge in [-0.05, 0) is 11.6 Å². The second-order valence-electron chi connectivity index (χ2n) is 4.89.